The Morgan fingerprint density at radius 3 is 2.92 bits per heavy atom. The third kappa shape index (κ3) is 4.08. The van der Waals surface area contributed by atoms with E-state index in [1.54, 1.807) is 24.3 Å². The predicted molar refractivity (Wildman–Crippen MR) is 93.7 cm³/mol. The van der Waals surface area contributed by atoms with E-state index in [1.807, 2.05) is 0 Å². The fourth-order valence-corrected chi connectivity index (χ4v) is 3.14. The first kappa shape index (κ1) is 18.1. The molecule has 0 bridgehead atoms. The molecule has 0 radical (unpaired) electrons. The van der Waals surface area contributed by atoms with Crippen molar-refractivity contribution >= 4 is 22.8 Å². The van der Waals surface area contributed by atoms with Crippen molar-refractivity contribution in [2.45, 2.75) is 31.8 Å². The number of aryl methyl sites for hydroxylation is 1. The fourth-order valence-electron chi connectivity index (χ4n) is 3.14. The zero-order valence-corrected chi connectivity index (χ0v) is 14.3. The quantitative estimate of drug-likeness (QED) is 0.789. The summed E-state index contributed by atoms with van der Waals surface area (Å²) >= 11 is 0. The van der Waals surface area contributed by atoms with Gasteiger partial charge in [0.1, 0.15) is 6.04 Å². The Kier molecular flexibility index (Phi) is 5.62. The van der Waals surface area contributed by atoms with Crippen LogP contribution in [0.15, 0.2) is 35.4 Å². The van der Waals surface area contributed by atoms with Gasteiger partial charge in [0.15, 0.2) is 0 Å². The van der Waals surface area contributed by atoms with Gasteiger partial charge in [-0.25, -0.2) is 9.78 Å². The van der Waals surface area contributed by atoms with Crippen molar-refractivity contribution < 1.29 is 19.4 Å². The second-order valence-electron chi connectivity index (χ2n) is 6.37. The van der Waals surface area contributed by atoms with E-state index >= 15 is 0 Å². The van der Waals surface area contributed by atoms with Gasteiger partial charge in [0.25, 0.3) is 5.56 Å². The number of amides is 1. The lowest BCUT2D eigenvalue weighted by molar-refractivity contribution is -0.145. The number of carbonyl (C=O) groups excluding carboxylic acids is 1. The summed E-state index contributed by atoms with van der Waals surface area (Å²) in [5.41, 5.74) is 0.375. The van der Waals surface area contributed by atoms with Crippen LogP contribution in [0.5, 0.6) is 0 Å². The van der Waals surface area contributed by atoms with Crippen molar-refractivity contribution in [1.29, 1.82) is 0 Å². The number of ether oxygens (including phenoxy) is 1. The van der Waals surface area contributed by atoms with Crippen LogP contribution < -0.4 is 10.9 Å². The van der Waals surface area contributed by atoms with E-state index in [1.165, 1.54) is 10.9 Å². The molecular formula is C18H21N3O5. The zero-order valence-electron chi connectivity index (χ0n) is 14.3. The van der Waals surface area contributed by atoms with Crippen molar-refractivity contribution in [2.24, 2.45) is 5.92 Å². The number of nitrogens with zero attached hydrogens (tertiary/aromatic N) is 2. The highest BCUT2D eigenvalue weighted by Crippen LogP contribution is 2.18. The molecule has 0 saturated carbocycles. The molecule has 1 aliphatic rings. The molecule has 0 aliphatic carbocycles. The summed E-state index contributed by atoms with van der Waals surface area (Å²) in [4.78, 5) is 40.3. The number of hydrogen-bond donors (Lipinski definition) is 2. The molecule has 1 aliphatic heterocycles. The molecule has 8 nitrogen and oxygen atoms in total. The van der Waals surface area contributed by atoms with Gasteiger partial charge in [-0.1, -0.05) is 12.1 Å². The SMILES string of the molecule is O=C(CCn1cnc2ccccc2c1=O)NC(C(=O)O)C1CCCOC1. The van der Waals surface area contributed by atoms with Crippen LogP contribution in [0.25, 0.3) is 10.9 Å². The average Bonchev–Trinajstić information content (AvgIpc) is 2.66. The maximum absolute atomic E-state index is 12.4. The third-order valence-corrected chi connectivity index (χ3v) is 4.56. The average molecular weight is 359 g/mol. The number of aromatic nitrogens is 2. The first-order valence-electron chi connectivity index (χ1n) is 8.60. The van der Waals surface area contributed by atoms with E-state index in [4.69, 9.17) is 4.74 Å². The lowest BCUT2D eigenvalue weighted by atomic mass is 9.93. The molecule has 1 saturated heterocycles. The molecular weight excluding hydrogens is 338 g/mol. The summed E-state index contributed by atoms with van der Waals surface area (Å²) in [6.45, 7) is 1.08. The van der Waals surface area contributed by atoms with Gasteiger partial charge in [0.2, 0.25) is 5.91 Å². The molecule has 26 heavy (non-hydrogen) atoms. The highest BCUT2D eigenvalue weighted by molar-refractivity contribution is 5.83. The van der Waals surface area contributed by atoms with Crippen LogP contribution in [-0.2, 0) is 20.9 Å². The predicted octanol–water partition coefficient (Wildman–Crippen LogP) is 0.783. The summed E-state index contributed by atoms with van der Waals surface area (Å²) in [6, 6.07) is 6.01. The number of rotatable bonds is 6. The van der Waals surface area contributed by atoms with Crippen molar-refractivity contribution in [1.82, 2.24) is 14.9 Å². The number of nitrogens with one attached hydrogen (secondary N) is 1. The lowest BCUT2D eigenvalue weighted by Gasteiger charge is -2.28. The lowest BCUT2D eigenvalue weighted by Crippen LogP contribution is -2.48. The second-order valence-corrected chi connectivity index (χ2v) is 6.37. The Morgan fingerprint density at radius 1 is 1.38 bits per heavy atom. The molecule has 2 heterocycles. The summed E-state index contributed by atoms with van der Waals surface area (Å²) in [5.74, 6) is -1.73. The van der Waals surface area contributed by atoms with E-state index < -0.39 is 17.9 Å². The number of carbonyl (C=O) groups is 2. The Bertz CT molecular complexity index is 857. The third-order valence-electron chi connectivity index (χ3n) is 4.56. The zero-order chi connectivity index (χ0) is 18.5. The van der Waals surface area contributed by atoms with Gasteiger partial charge in [0.05, 0.1) is 23.8 Å². The van der Waals surface area contributed by atoms with Gasteiger partial charge in [-0.05, 0) is 25.0 Å². The highest BCUT2D eigenvalue weighted by Gasteiger charge is 2.31. The van der Waals surface area contributed by atoms with Crippen LogP contribution in [0.4, 0.5) is 0 Å². The van der Waals surface area contributed by atoms with Crippen molar-refractivity contribution in [2.75, 3.05) is 13.2 Å². The number of carboxylic acid groups (broad SMARTS) is 1. The molecule has 1 aromatic heterocycles. The van der Waals surface area contributed by atoms with Crippen molar-refractivity contribution in [3.63, 3.8) is 0 Å². The van der Waals surface area contributed by atoms with Crippen LogP contribution in [0.2, 0.25) is 0 Å². The minimum Gasteiger partial charge on any atom is -0.480 e. The molecule has 2 atom stereocenters. The molecule has 2 unspecified atom stereocenters. The van der Waals surface area contributed by atoms with E-state index in [2.05, 4.69) is 10.3 Å². The summed E-state index contributed by atoms with van der Waals surface area (Å²) in [6.07, 6.45) is 2.88. The molecule has 0 spiro atoms. The molecule has 1 amide bonds. The van der Waals surface area contributed by atoms with Crippen LogP contribution in [0.3, 0.4) is 0 Å². The smallest absolute Gasteiger partial charge is 0.326 e. The monoisotopic (exact) mass is 359 g/mol. The molecule has 3 rings (SSSR count). The van der Waals surface area contributed by atoms with Crippen LogP contribution in [-0.4, -0.2) is 45.8 Å². The summed E-state index contributed by atoms with van der Waals surface area (Å²) in [5, 5.41) is 12.4. The van der Waals surface area contributed by atoms with Crippen LogP contribution in [0, 0.1) is 5.92 Å². The number of carboxylic acids is 1. The molecule has 1 fully saturated rings. The normalized spacial score (nSPS) is 18.4. The van der Waals surface area contributed by atoms with Gasteiger partial charge >= 0.3 is 5.97 Å². The van der Waals surface area contributed by atoms with Gasteiger partial charge in [0, 0.05) is 25.5 Å². The summed E-state index contributed by atoms with van der Waals surface area (Å²) in [7, 11) is 0. The Balaban J connectivity index is 1.63. The minimum atomic E-state index is -1.07. The number of hydrogen-bond acceptors (Lipinski definition) is 5. The summed E-state index contributed by atoms with van der Waals surface area (Å²) < 4.78 is 6.67. The standard InChI is InChI=1S/C18H21N3O5/c22-15(20-16(18(24)25)12-4-3-9-26-10-12)7-8-21-11-19-14-6-2-1-5-13(14)17(21)23/h1-2,5-6,11-12,16H,3-4,7-10H2,(H,20,22)(H,24,25). The number of aliphatic carboxylic acids is 1. The molecule has 8 heteroatoms. The van der Waals surface area contributed by atoms with Crippen LogP contribution in [0.1, 0.15) is 19.3 Å². The van der Waals surface area contributed by atoms with E-state index in [0.29, 0.717) is 30.5 Å². The second kappa shape index (κ2) is 8.09. The first-order valence-corrected chi connectivity index (χ1v) is 8.60. The molecule has 138 valence electrons. The molecule has 1 aromatic carbocycles. The topological polar surface area (TPSA) is 111 Å². The number of benzene rings is 1. The van der Waals surface area contributed by atoms with Crippen LogP contribution >= 0.6 is 0 Å². The molecule has 2 aromatic rings. The minimum absolute atomic E-state index is 0.00269. The first-order chi connectivity index (χ1) is 12.6. The number of para-hydroxylation sites is 1. The van der Waals surface area contributed by atoms with Gasteiger partial charge in [-0.3, -0.25) is 14.2 Å². The highest BCUT2D eigenvalue weighted by atomic mass is 16.5. The maximum Gasteiger partial charge on any atom is 0.326 e. The maximum atomic E-state index is 12.4. The van der Waals surface area contributed by atoms with E-state index in [-0.39, 0.29) is 24.4 Å². The van der Waals surface area contributed by atoms with Gasteiger partial charge in [-0.15, -0.1) is 0 Å². The van der Waals surface area contributed by atoms with Gasteiger partial charge < -0.3 is 15.2 Å². The van der Waals surface area contributed by atoms with E-state index in [0.717, 1.165) is 6.42 Å². The van der Waals surface area contributed by atoms with Crippen molar-refractivity contribution in [3.8, 4) is 0 Å². The van der Waals surface area contributed by atoms with Crippen molar-refractivity contribution in [3.05, 3.63) is 40.9 Å². The Hall–Kier alpha value is -2.74. The molecule has 2 N–H and O–H groups in total. The Morgan fingerprint density at radius 2 is 2.19 bits per heavy atom. The largest absolute Gasteiger partial charge is 0.480 e. The van der Waals surface area contributed by atoms with Gasteiger partial charge in [-0.2, -0.15) is 0 Å². The fraction of sp³-hybridized carbons (Fsp3) is 0.444. The number of fused-ring (bicyclic) bond motifs is 1. The Labute approximate surface area is 149 Å². The van der Waals surface area contributed by atoms with E-state index in [9.17, 15) is 19.5 Å².